The number of carboxylic acids is 1. The number of imidazole rings is 1. The Morgan fingerprint density at radius 3 is 2.43 bits per heavy atom. The number of hydrogen-bond acceptors (Lipinski definition) is 2. The molecule has 0 aliphatic rings. The number of hydrogen-bond donors (Lipinski definition) is 1. The van der Waals surface area contributed by atoms with Crippen LogP contribution in [0.15, 0.2) is 18.2 Å². The van der Waals surface area contributed by atoms with Gasteiger partial charge in [0.1, 0.15) is 5.82 Å². The monoisotopic (exact) mass is 288 g/mol. The van der Waals surface area contributed by atoms with Gasteiger partial charge in [-0.25, -0.2) is 9.78 Å². The van der Waals surface area contributed by atoms with Gasteiger partial charge in [-0.1, -0.05) is 34.6 Å². The zero-order valence-electron chi connectivity index (χ0n) is 13.4. The molecule has 21 heavy (non-hydrogen) atoms. The summed E-state index contributed by atoms with van der Waals surface area (Å²) in [4.78, 5) is 15.8. The van der Waals surface area contributed by atoms with Gasteiger partial charge in [-0.05, 0) is 30.5 Å². The van der Waals surface area contributed by atoms with E-state index < -0.39 is 5.97 Å². The van der Waals surface area contributed by atoms with E-state index in [9.17, 15) is 4.79 Å². The highest BCUT2D eigenvalue weighted by molar-refractivity contribution is 5.92. The molecule has 1 unspecified atom stereocenters. The lowest BCUT2D eigenvalue weighted by Gasteiger charge is -2.25. The molecule has 0 radical (unpaired) electrons. The van der Waals surface area contributed by atoms with Crippen LogP contribution in [0.5, 0.6) is 0 Å². The Morgan fingerprint density at radius 1 is 1.29 bits per heavy atom. The molecule has 1 atom stereocenters. The third kappa shape index (κ3) is 2.80. The standard InChI is InChI=1S/C17H24N2O2/c1-6-14(10(2)3)19-15-8-7-12(17(20)21)9-13(15)18-16(19)11(4)5/h7-11,14H,6H2,1-5H3,(H,20,21). The van der Waals surface area contributed by atoms with E-state index in [1.807, 2.05) is 6.07 Å². The van der Waals surface area contributed by atoms with Crippen molar-refractivity contribution in [3.8, 4) is 0 Å². The van der Waals surface area contributed by atoms with Crippen molar-refractivity contribution in [1.29, 1.82) is 0 Å². The van der Waals surface area contributed by atoms with Crippen LogP contribution in [-0.2, 0) is 0 Å². The second kappa shape index (κ2) is 5.88. The SMILES string of the molecule is CCC(C(C)C)n1c(C(C)C)nc2cc(C(=O)O)ccc21. The van der Waals surface area contributed by atoms with Crippen molar-refractivity contribution >= 4 is 17.0 Å². The molecule has 0 bridgehead atoms. The van der Waals surface area contributed by atoms with Crippen LogP contribution >= 0.6 is 0 Å². The summed E-state index contributed by atoms with van der Waals surface area (Å²) in [6.45, 7) is 10.9. The molecule has 0 aliphatic heterocycles. The van der Waals surface area contributed by atoms with Gasteiger partial charge in [0, 0.05) is 12.0 Å². The summed E-state index contributed by atoms with van der Waals surface area (Å²) in [6.07, 6.45) is 1.03. The van der Waals surface area contributed by atoms with E-state index in [4.69, 9.17) is 10.1 Å². The summed E-state index contributed by atoms with van der Waals surface area (Å²) in [6, 6.07) is 5.61. The second-order valence-electron chi connectivity index (χ2n) is 6.22. The summed E-state index contributed by atoms with van der Waals surface area (Å²) >= 11 is 0. The fourth-order valence-electron chi connectivity index (χ4n) is 2.96. The fraction of sp³-hybridized carbons (Fsp3) is 0.529. The summed E-state index contributed by atoms with van der Waals surface area (Å²) in [5.41, 5.74) is 2.10. The molecule has 2 aromatic rings. The Bertz CT molecular complexity index is 656. The summed E-state index contributed by atoms with van der Waals surface area (Å²) < 4.78 is 2.30. The quantitative estimate of drug-likeness (QED) is 0.883. The van der Waals surface area contributed by atoms with Crippen molar-refractivity contribution in [3.05, 3.63) is 29.6 Å². The molecule has 0 spiro atoms. The Balaban J connectivity index is 2.71. The molecular formula is C17H24N2O2. The summed E-state index contributed by atoms with van der Waals surface area (Å²) in [7, 11) is 0. The van der Waals surface area contributed by atoms with Crippen LogP contribution in [-0.4, -0.2) is 20.6 Å². The van der Waals surface area contributed by atoms with Crippen molar-refractivity contribution in [1.82, 2.24) is 9.55 Å². The zero-order valence-corrected chi connectivity index (χ0v) is 13.4. The van der Waals surface area contributed by atoms with Crippen molar-refractivity contribution in [2.45, 2.75) is 53.0 Å². The highest BCUT2D eigenvalue weighted by Gasteiger charge is 2.22. The van der Waals surface area contributed by atoms with Crippen molar-refractivity contribution in [2.75, 3.05) is 0 Å². The van der Waals surface area contributed by atoms with Gasteiger partial charge in [0.2, 0.25) is 0 Å². The van der Waals surface area contributed by atoms with Crippen LogP contribution in [0.2, 0.25) is 0 Å². The Labute approximate surface area is 125 Å². The van der Waals surface area contributed by atoms with E-state index in [0.29, 0.717) is 23.4 Å². The lowest BCUT2D eigenvalue weighted by molar-refractivity contribution is 0.0697. The van der Waals surface area contributed by atoms with Crippen LogP contribution in [0.1, 0.15) is 69.2 Å². The molecular weight excluding hydrogens is 264 g/mol. The van der Waals surface area contributed by atoms with E-state index in [2.05, 4.69) is 39.2 Å². The number of aromatic nitrogens is 2. The molecule has 0 aliphatic carbocycles. The largest absolute Gasteiger partial charge is 0.478 e. The van der Waals surface area contributed by atoms with E-state index >= 15 is 0 Å². The number of carboxylic acid groups (broad SMARTS) is 1. The molecule has 1 N–H and O–H groups in total. The lowest BCUT2D eigenvalue weighted by Crippen LogP contribution is -2.17. The first kappa shape index (κ1) is 15.5. The molecule has 4 heteroatoms. The van der Waals surface area contributed by atoms with Crippen LogP contribution in [0.4, 0.5) is 0 Å². The molecule has 0 fully saturated rings. The van der Waals surface area contributed by atoms with Gasteiger partial charge in [0.25, 0.3) is 0 Å². The van der Waals surface area contributed by atoms with E-state index in [1.54, 1.807) is 12.1 Å². The van der Waals surface area contributed by atoms with Gasteiger partial charge in [-0.3, -0.25) is 0 Å². The molecule has 4 nitrogen and oxygen atoms in total. The zero-order chi connectivity index (χ0) is 15.7. The predicted octanol–water partition coefficient (Wildman–Crippen LogP) is 4.47. The van der Waals surface area contributed by atoms with E-state index in [1.165, 1.54) is 0 Å². The number of fused-ring (bicyclic) bond motifs is 1. The van der Waals surface area contributed by atoms with Gasteiger partial charge >= 0.3 is 5.97 Å². The lowest BCUT2D eigenvalue weighted by atomic mass is 10.0. The predicted molar refractivity (Wildman–Crippen MR) is 84.9 cm³/mol. The maximum absolute atomic E-state index is 11.1. The first-order valence-electron chi connectivity index (χ1n) is 7.62. The number of carbonyl (C=O) groups is 1. The smallest absolute Gasteiger partial charge is 0.335 e. The van der Waals surface area contributed by atoms with Crippen molar-refractivity contribution in [2.24, 2.45) is 5.92 Å². The van der Waals surface area contributed by atoms with Gasteiger partial charge in [-0.15, -0.1) is 0 Å². The first-order chi connectivity index (χ1) is 9.86. The van der Waals surface area contributed by atoms with Gasteiger partial charge < -0.3 is 9.67 Å². The molecule has 1 aromatic carbocycles. The number of rotatable bonds is 5. The topological polar surface area (TPSA) is 55.1 Å². The number of benzene rings is 1. The molecule has 0 saturated carbocycles. The molecule has 0 saturated heterocycles. The van der Waals surface area contributed by atoms with Crippen molar-refractivity contribution < 1.29 is 9.90 Å². The molecule has 1 heterocycles. The Morgan fingerprint density at radius 2 is 1.95 bits per heavy atom. The highest BCUT2D eigenvalue weighted by Crippen LogP contribution is 2.31. The highest BCUT2D eigenvalue weighted by atomic mass is 16.4. The number of aromatic carboxylic acids is 1. The third-order valence-electron chi connectivity index (χ3n) is 4.00. The molecule has 114 valence electrons. The van der Waals surface area contributed by atoms with Crippen LogP contribution in [0.25, 0.3) is 11.0 Å². The average Bonchev–Trinajstić information content (AvgIpc) is 2.78. The minimum Gasteiger partial charge on any atom is -0.478 e. The second-order valence-corrected chi connectivity index (χ2v) is 6.22. The maximum atomic E-state index is 11.1. The minimum absolute atomic E-state index is 0.292. The number of nitrogens with zero attached hydrogens (tertiary/aromatic N) is 2. The average molecular weight is 288 g/mol. The maximum Gasteiger partial charge on any atom is 0.335 e. The first-order valence-corrected chi connectivity index (χ1v) is 7.62. The van der Waals surface area contributed by atoms with E-state index in [-0.39, 0.29) is 0 Å². The Hall–Kier alpha value is -1.84. The minimum atomic E-state index is -0.909. The summed E-state index contributed by atoms with van der Waals surface area (Å²) in [5, 5.41) is 9.14. The van der Waals surface area contributed by atoms with E-state index in [0.717, 1.165) is 23.3 Å². The third-order valence-corrected chi connectivity index (χ3v) is 4.00. The van der Waals surface area contributed by atoms with Gasteiger partial charge in [0.05, 0.1) is 16.6 Å². The fourth-order valence-corrected chi connectivity index (χ4v) is 2.96. The van der Waals surface area contributed by atoms with Gasteiger partial charge in [-0.2, -0.15) is 0 Å². The summed E-state index contributed by atoms with van der Waals surface area (Å²) in [5.74, 6) is 0.934. The molecule has 0 amide bonds. The van der Waals surface area contributed by atoms with Crippen LogP contribution in [0.3, 0.4) is 0 Å². The van der Waals surface area contributed by atoms with Gasteiger partial charge in [0.15, 0.2) is 0 Å². The molecule has 2 rings (SSSR count). The molecule has 1 aromatic heterocycles. The van der Waals surface area contributed by atoms with Crippen LogP contribution < -0.4 is 0 Å². The normalized spacial score (nSPS) is 13.3. The Kier molecular flexibility index (Phi) is 4.35. The van der Waals surface area contributed by atoms with Crippen molar-refractivity contribution in [3.63, 3.8) is 0 Å². The van der Waals surface area contributed by atoms with Crippen LogP contribution in [0, 0.1) is 5.92 Å².